The predicted molar refractivity (Wildman–Crippen MR) is 87.7 cm³/mol. The fourth-order valence-corrected chi connectivity index (χ4v) is 4.45. The van der Waals surface area contributed by atoms with Gasteiger partial charge in [-0.1, -0.05) is 6.92 Å². The quantitative estimate of drug-likeness (QED) is 0.799. The van der Waals surface area contributed by atoms with E-state index in [0.717, 1.165) is 29.3 Å². The molecule has 0 radical (unpaired) electrons. The highest BCUT2D eigenvalue weighted by atomic mass is 32.1. The zero-order valence-electron chi connectivity index (χ0n) is 12.8. The third kappa shape index (κ3) is 1.99. The Morgan fingerprint density at radius 2 is 2.36 bits per heavy atom. The van der Waals surface area contributed by atoms with Gasteiger partial charge in [-0.25, -0.2) is 9.97 Å². The number of anilines is 1. The van der Waals surface area contributed by atoms with Crippen LogP contribution in [0.2, 0.25) is 0 Å². The number of nitrogens with zero attached hydrogens (tertiary/aromatic N) is 5. The molecule has 0 fully saturated rings. The first-order valence-electron chi connectivity index (χ1n) is 7.65. The molecule has 3 aromatic rings. The van der Waals surface area contributed by atoms with Gasteiger partial charge in [0.2, 0.25) is 5.95 Å². The van der Waals surface area contributed by atoms with Crippen molar-refractivity contribution in [2.45, 2.75) is 26.2 Å². The molecule has 0 amide bonds. The van der Waals surface area contributed by atoms with Gasteiger partial charge in [0, 0.05) is 18.5 Å². The van der Waals surface area contributed by atoms with Crippen molar-refractivity contribution in [3.63, 3.8) is 0 Å². The molecule has 22 heavy (non-hydrogen) atoms. The molecule has 0 aliphatic heterocycles. The van der Waals surface area contributed by atoms with Crippen molar-refractivity contribution < 1.29 is 5.11 Å². The average molecular weight is 317 g/mol. The van der Waals surface area contributed by atoms with Crippen LogP contribution in [0.4, 0.5) is 5.95 Å². The second-order valence-corrected chi connectivity index (χ2v) is 7.17. The number of fused-ring (bicyclic) bond motifs is 5. The van der Waals surface area contributed by atoms with E-state index < -0.39 is 0 Å². The molecule has 4 rings (SSSR count). The molecular weight excluding hydrogens is 298 g/mol. The molecule has 7 heteroatoms. The van der Waals surface area contributed by atoms with E-state index >= 15 is 0 Å². The lowest BCUT2D eigenvalue weighted by Crippen LogP contribution is -2.25. The van der Waals surface area contributed by atoms with E-state index in [1.54, 1.807) is 22.2 Å². The SMILES string of the molecule is CC1CCc2sc3nc(N(C)CCO)n4ncnc4c3c2C1. The van der Waals surface area contributed by atoms with Gasteiger partial charge >= 0.3 is 0 Å². The number of rotatable bonds is 3. The molecule has 3 aromatic heterocycles. The van der Waals surface area contributed by atoms with Gasteiger partial charge in [0.15, 0.2) is 5.65 Å². The molecule has 116 valence electrons. The topological polar surface area (TPSA) is 66.5 Å². The molecule has 1 unspecified atom stereocenters. The van der Waals surface area contributed by atoms with Gasteiger partial charge in [0.05, 0.1) is 12.0 Å². The largest absolute Gasteiger partial charge is 0.395 e. The van der Waals surface area contributed by atoms with Crippen LogP contribution in [0.5, 0.6) is 0 Å². The van der Waals surface area contributed by atoms with Crippen molar-refractivity contribution in [3.05, 3.63) is 16.8 Å². The Bertz CT molecular complexity index is 839. The van der Waals surface area contributed by atoms with Crippen molar-refractivity contribution in [1.29, 1.82) is 0 Å². The van der Waals surface area contributed by atoms with Crippen LogP contribution in [0, 0.1) is 5.92 Å². The Labute approximate surface area is 132 Å². The lowest BCUT2D eigenvalue weighted by molar-refractivity contribution is 0.303. The van der Waals surface area contributed by atoms with Crippen LogP contribution >= 0.6 is 11.3 Å². The summed E-state index contributed by atoms with van der Waals surface area (Å²) in [6.07, 6.45) is 5.08. The highest BCUT2D eigenvalue weighted by molar-refractivity contribution is 7.19. The molecule has 3 heterocycles. The summed E-state index contributed by atoms with van der Waals surface area (Å²) >= 11 is 1.79. The maximum absolute atomic E-state index is 9.18. The summed E-state index contributed by atoms with van der Waals surface area (Å²) in [7, 11) is 1.92. The van der Waals surface area contributed by atoms with E-state index in [9.17, 15) is 5.11 Å². The van der Waals surface area contributed by atoms with E-state index in [4.69, 9.17) is 4.98 Å². The van der Waals surface area contributed by atoms with Crippen molar-refractivity contribution in [1.82, 2.24) is 19.6 Å². The summed E-state index contributed by atoms with van der Waals surface area (Å²) in [5, 5.41) is 14.7. The maximum Gasteiger partial charge on any atom is 0.229 e. The summed E-state index contributed by atoms with van der Waals surface area (Å²) in [5.74, 6) is 1.45. The lowest BCUT2D eigenvalue weighted by Gasteiger charge is -2.19. The van der Waals surface area contributed by atoms with Gasteiger partial charge in [0.1, 0.15) is 11.2 Å². The molecule has 1 N–H and O–H groups in total. The number of aliphatic hydroxyl groups is 1. The van der Waals surface area contributed by atoms with Crippen LogP contribution < -0.4 is 4.90 Å². The Morgan fingerprint density at radius 1 is 1.50 bits per heavy atom. The summed E-state index contributed by atoms with van der Waals surface area (Å²) in [6, 6.07) is 0. The minimum Gasteiger partial charge on any atom is -0.395 e. The summed E-state index contributed by atoms with van der Waals surface area (Å²) in [5.41, 5.74) is 2.30. The van der Waals surface area contributed by atoms with E-state index in [2.05, 4.69) is 17.0 Å². The highest BCUT2D eigenvalue weighted by Gasteiger charge is 2.25. The molecule has 0 spiro atoms. The number of aromatic nitrogens is 4. The second kappa shape index (κ2) is 5.17. The highest BCUT2D eigenvalue weighted by Crippen LogP contribution is 2.39. The fourth-order valence-electron chi connectivity index (χ4n) is 3.25. The van der Waals surface area contributed by atoms with Crippen molar-refractivity contribution in [2.75, 3.05) is 25.1 Å². The summed E-state index contributed by atoms with van der Waals surface area (Å²) in [6.45, 7) is 2.92. The monoisotopic (exact) mass is 317 g/mol. The maximum atomic E-state index is 9.18. The van der Waals surface area contributed by atoms with Crippen molar-refractivity contribution in [3.8, 4) is 0 Å². The number of hydrogen-bond donors (Lipinski definition) is 1. The van der Waals surface area contributed by atoms with Gasteiger partial charge in [-0.15, -0.1) is 11.3 Å². The number of hydrogen-bond acceptors (Lipinski definition) is 6. The molecular formula is C15H19N5OS. The molecule has 1 aliphatic rings. The van der Waals surface area contributed by atoms with Crippen molar-refractivity contribution >= 4 is 33.1 Å². The second-order valence-electron chi connectivity index (χ2n) is 6.08. The predicted octanol–water partition coefficient (Wildman–Crippen LogP) is 1.89. The minimum atomic E-state index is 0.0882. The third-order valence-electron chi connectivity index (χ3n) is 4.43. The molecule has 0 saturated heterocycles. The van der Waals surface area contributed by atoms with Gasteiger partial charge in [-0.3, -0.25) is 0 Å². The molecule has 0 saturated carbocycles. The van der Waals surface area contributed by atoms with E-state index in [1.165, 1.54) is 22.2 Å². The fraction of sp³-hybridized carbons (Fsp3) is 0.533. The number of thiophene rings is 1. The normalized spacial score (nSPS) is 18.0. The zero-order valence-corrected chi connectivity index (χ0v) is 13.6. The van der Waals surface area contributed by atoms with Gasteiger partial charge in [-0.2, -0.15) is 9.61 Å². The Hall–Kier alpha value is -1.73. The van der Waals surface area contributed by atoms with Crippen LogP contribution in [0.25, 0.3) is 15.9 Å². The van der Waals surface area contributed by atoms with Gasteiger partial charge in [0.25, 0.3) is 0 Å². The zero-order chi connectivity index (χ0) is 15.3. The molecule has 1 aliphatic carbocycles. The van der Waals surface area contributed by atoms with Crippen molar-refractivity contribution in [2.24, 2.45) is 5.92 Å². The summed E-state index contributed by atoms with van der Waals surface area (Å²) in [4.78, 5) is 13.7. The number of likely N-dealkylation sites (N-methyl/N-ethyl adjacent to an activating group) is 1. The van der Waals surface area contributed by atoms with E-state index in [-0.39, 0.29) is 6.61 Å². The summed E-state index contributed by atoms with van der Waals surface area (Å²) < 4.78 is 1.80. The smallest absolute Gasteiger partial charge is 0.229 e. The minimum absolute atomic E-state index is 0.0882. The first kappa shape index (κ1) is 13.9. The average Bonchev–Trinajstić information content (AvgIpc) is 3.09. The van der Waals surface area contributed by atoms with Crippen LogP contribution in [-0.2, 0) is 12.8 Å². The third-order valence-corrected chi connectivity index (χ3v) is 5.61. The van der Waals surface area contributed by atoms with Crippen LogP contribution in [0.3, 0.4) is 0 Å². The van der Waals surface area contributed by atoms with Gasteiger partial charge < -0.3 is 10.0 Å². The number of aryl methyl sites for hydroxylation is 1. The van der Waals surface area contributed by atoms with E-state index in [1.807, 2.05) is 11.9 Å². The van der Waals surface area contributed by atoms with Crippen LogP contribution in [0.15, 0.2) is 6.33 Å². The standard InChI is InChI=1S/C15H19N5OS/c1-9-3-4-11-10(7-9)12-13-16-8-17-20(13)15(18-14(12)22-11)19(2)5-6-21/h8-9,21H,3-7H2,1-2H3. The first-order valence-corrected chi connectivity index (χ1v) is 8.46. The molecule has 0 aromatic carbocycles. The number of aliphatic hydroxyl groups excluding tert-OH is 1. The lowest BCUT2D eigenvalue weighted by atomic mass is 9.89. The Balaban J connectivity index is 1.99. The van der Waals surface area contributed by atoms with Crippen LogP contribution in [-0.4, -0.2) is 44.9 Å². The van der Waals surface area contributed by atoms with E-state index in [0.29, 0.717) is 12.5 Å². The van der Waals surface area contributed by atoms with Crippen LogP contribution in [0.1, 0.15) is 23.8 Å². The first-order chi connectivity index (χ1) is 10.7. The molecule has 0 bridgehead atoms. The Kier molecular flexibility index (Phi) is 3.27. The molecule has 1 atom stereocenters. The van der Waals surface area contributed by atoms with Gasteiger partial charge in [-0.05, 0) is 30.7 Å². The molecule has 6 nitrogen and oxygen atoms in total. The Morgan fingerprint density at radius 3 is 3.18 bits per heavy atom.